The van der Waals surface area contributed by atoms with Gasteiger partial charge in [-0.05, 0) is 32.8 Å². The fourth-order valence-corrected chi connectivity index (χ4v) is 3.82. The van der Waals surface area contributed by atoms with Crippen molar-refractivity contribution in [2.24, 2.45) is 11.8 Å². The first-order chi connectivity index (χ1) is 10.9. The van der Waals surface area contributed by atoms with Crippen LogP contribution >= 0.6 is 11.3 Å². The number of carboxylic acids is 1. The van der Waals surface area contributed by atoms with Crippen LogP contribution in [-0.4, -0.2) is 29.6 Å². The molecule has 2 atom stereocenters. The van der Waals surface area contributed by atoms with E-state index in [1.54, 1.807) is 13.0 Å². The van der Waals surface area contributed by atoms with E-state index in [0.29, 0.717) is 23.4 Å². The van der Waals surface area contributed by atoms with E-state index in [4.69, 9.17) is 4.74 Å². The molecule has 2 N–H and O–H groups in total. The molecular weight excluding hydrogens is 318 g/mol. The highest BCUT2D eigenvalue weighted by Crippen LogP contribution is 2.33. The number of amides is 1. The minimum absolute atomic E-state index is 0.255. The lowest BCUT2D eigenvalue weighted by Gasteiger charge is -2.27. The third-order valence-corrected chi connectivity index (χ3v) is 4.97. The number of hydrogen-bond acceptors (Lipinski definition) is 5. The topological polar surface area (TPSA) is 92.7 Å². The number of carboxylic acid groups (broad SMARTS) is 1. The zero-order valence-corrected chi connectivity index (χ0v) is 14.1. The molecule has 1 heterocycles. The molecule has 1 fully saturated rings. The molecule has 0 radical (unpaired) electrons. The Kier molecular flexibility index (Phi) is 5.76. The van der Waals surface area contributed by atoms with Crippen LogP contribution in [0.15, 0.2) is 6.07 Å². The standard InChI is InChI=1S/C16H21NO5S/c1-3-22-16(21)12-8-9(2)23-14(12)17-13(18)10-6-4-5-7-11(10)15(19)20/h8,10-11H,3-7H2,1-2H3,(H,17,18)(H,19,20). The van der Waals surface area contributed by atoms with Crippen LogP contribution in [0.25, 0.3) is 0 Å². The van der Waals surface area contributed by atoms with Crippen LogP contribution in [0.5, 0.6) is 0 Å². The number of thiophene rings is 1. The number of carbonyl (C=O) groups is 3. The molecule has 7 heteroatoms. The van der Waals surface area contributed by atoms with E-state index in [0.717, 1.165) is 17.7 Å². The molecule has 1 aliphatic carbocycles. The lowest BCUT2D eigenvalue weighted by Crippen LogP contribution is -2.36. The van der Waals surface area contributed by atoms with Gasteiger partial charge in [-0.15, -0.1) is 11.3 Å². The van der Waals surface area contributed by atoms with Gasteiger partial charge in [-0.1, -0.05) is 12.8 Å². The first kappa shape index (κ1) is 17.5. The maximum atomic E-state index is 12.5. The molecule has 0 bridgehead atoms. The third-order valence-electron chi connectivity index (χ3n) is 4.01. The summed E-state index contributed by atoms with van der Waals surface area (Å²) in [6.07, 6.45) is 2.74. The number of aryl methyl sites for hydroxylation is 1. The summed E-state index contributed by atoms with van der Waals surface area (Å²) in [5, 5.41) is 12.5. The maximum absolute atomic E-state index is 12.5. The van der Waals surface area contributed by atoms with Crippen molar-refractivity contribution in [1.82, 2.24) is 0 Å². The van der Waals surface area contributed by atoms with Crippen molar-refractivity contribution >= 4 is 34.2 Å². The Hall–Kier alpha value is -1.89. The van der Waals surface area contributed by atoms with Gasteiger partial charge < -0.3 is 15.2 Å². The minimum Gasteiger partial charge on any atom is -0.481 e. The van der Waals surface area contributed by atoms with Gasteiger partial charge in [0.2, 0.25) is 5.91 Å². The second-order valence-electron chi connectivity index (χ2n) is 5.65. The highest BCUT2D eigenvalue weighted by atomic mass is 32.1. The van der Waals surface area contributed by atoms with Gasteiger partial charge in [-0.3, -0.25) is 9.59 Å². The van der Waals surface area contributed by atoms with Gasteiger partial charge >= 0.3 is 11.9 Å². The number of nitrogens with one attached hydrogen (secondary N) is 1. The first-order valence-electron chi connectivity index (χ1n) is 7.75. The predicted molar refractivity (Wildman–Crippen MR) is 86.7 cm³/mol. The summed E-state index contributed by atoms with van der Waals surface area (Å²) < 4.78 is 4.99. The van der Waals surface area contributed by atoms with Crippen LogP contribution in [0.3, 0.4) is 0 Å². The molecule has 2 unspecified atom stereocenters. The molecule has 0 aliphatic heterocycles. The maximum Gasteiger partial charge on any atom is 0.341 e. The minimum atomic E-state index is -0.933. The molecule has 1 aromatic rings. The van der Waals surface area contributed by atoms with E-state index in [9.17, 15) is 19.5 Å². The van der Waals surface area contributed by atoms with Crippen LogP contribution in [0.1, 0.15) is 47.8 Å². The number of anilines is 1. The van der Waals surface area contributed by atoms with Gasteiger partial charge in [-0.2, -0.15) is 0 Å². The van der Waals surface area contributed by atoms with Gasteiger partial charge in [0.25, 0.3) is 0 Å². The normalized spacial score (nSPS) is 20.8. The number of carbonyl (C=O) groups excluding carboxylic acids is 2. The van der Waals surface area contributed by atoms with Crippen molar-refractivity contribution in [3.63, 3.8) is 0 Å². The zero-order chi connectivity index (χ0) is 17.0. The molecule has 1 saturated carbocycles. The molecule has 6 nitrogen and oxygen atoms in total. The lowest BCUT2D eigenvalue weighted by molar-refractivity contribution is -0.147. The number of hydrogen-bond donors (Lipinski definition) is 2. The molecule has 2 rings (SSSR count). The largest absolute Gasteiger partial charge is 0.481 e. The Balaban J connectivity index is 2.16. The number of rotatable bonds is 5. The highest BCUT2D eigenvalue weighted by Gasteiger charge is 2.36. The van der Waals surface area contributed by atoms with Gasteiger partial charge in [0, 0.05) is 4.88 Å². The van der Waals surface area contributed by atoms with E-state index in [1.165, 1.54) is 11.3 Å². The van der Waals surface area contributed by atoms with Crippen molar-refractivity contribution in [2.45, 2.75) is 39.5 Å². The van der Waals surface area contributed by atoms with Crippen molar-refractivity contribution < 1.29 is 24.2 Å². The predicted octanol–water partition coefficient (Wildman–Crippen LogP) is 3.06. The molecule has 0 spiro atoms. The fraction of sp³-hybridized carbons (Fsp3) is 0.562. The monoisotopic (exact) mass is 339 g/mol. The van der Waals surface area contributed by atoms with Crippen LogP contribution in [0.4, 0.5) is 5.00 Å². The number of aliphatic carboxylic acids is 1. The Morgan fingerprint density at radius 2 is 1.96 bits per heavy atom. The summed E-state index contributed by atoms with van der Waals surface area (Å²) >= 11 is 1.29. The molecule has 23 heavy (non-hydrogen) atoms. The molecule has 1 amide bonds. The van der Waals surface area contributed by atoms with Crippen LogP contribution in [0.2, 0.25) is 0 Å². The summed E-state index contributed by atoms with van der Waals surface area (Å²) in [6.45, 7) is 3.81. The van der Waals surface area contributed by atoms with Crippen molar-refractivity contribution in [3.05, 3.63) is 16.5 Å². The summed E-state index contributed by atoms with van der Waals surface area (Å²) in [5.74, 6) is -2.96. The fourth-order valence-electron chi connectivity index (χ4n) is 2.91. The van der Waals surface area contributed by atoms with Gasteiger partial charge in [-0.25, -0.2) is 4.79 Å². The molecule has 1 aromatic heterocycles. The summed E-state index contributed by atoms with van der Waals surface area (Å²) in [5.41, 5.74) is 0.324. The van der Waals surface area contributed by atoms with Gasteiger partial charge in [0.05, 0.1) is 24.0 Å². The Morgan fingerprint density at radius 1 is 1.30 bits per heavy atom. The second kappa shape index (κ2) is 7.59. The smallest absolute Gasteiger partial charge is 0.341 e. The van der Waals surface area contributed by atoms with Crippen LogP contribution in [0, 0.1) is 18.8 Å². The van der Waals surface area contributed by atoms with Crippen LogP contribution < -0.4 is 5.32 Å². The van der Waals surface area contributed by atoms with Gasteiger partial charge in [0.15, 0.2) is 0 Å². The van der Waals surface area contributed by atoms with E-state index < -0.39 is 23.8 Å². The Labute approximate surface area is 138 Å². The average molecular weight is 339 g/mol. The highest BCUT2D eigenvalue weighted by molar-refractivity contribution is 7.16. The van der Waals surface area contributed by atoms with E-state index >= 15 is 0 Å². The van der Waals surface area contributed by atoms with Crippen molar-refractivity contribution in [3.8, 4) is 0 Å². The lowest BCUT2D eigenvalue weighted by atomic mass is 9.79. The number of ether oxygens (including phenoxy) is 1. The Bertz CT molecular complexity index is 610. The average Bonchev–Trinajstić information content (AvgIpc) is 2.88. The third kappa shape index (κ3) is 4.10. The molecule has 0 saturated heterocycles. The van der Waals surface area contributed by atoms with E-state index in [2.05, 4.69) is 5.32 Å². The van der Waals surface area contributed by atoms with Crippen molar-refractivity contribution in [2.75, 3.05) is 11.9 Å². The molecular formula is C16H21NO5S. The van der Waals surface area contributed by atoms with E-state index in [1.807, 2.05) is 6.92 Å². The molecule has 0 aromatic carbocycles. The second-order valence-corrected chi connectivity index (χ2v) is 6.90. The van der Waals surface area contributed by atoms with E-state index in [-0.39, 0.29) is 12.5 Å². The Morgan fingerprint density at radius 3 is 2.57 bits per heavy atom. The van der Waals surface area contributed by atoms with Crippen molar-refractivity contribution in [1.29, 1.82) is 0 Å². The van der Waals surface area contributed by atoms with Crippen LogP contribution in [-0.2, 0) is 14.3 Å². The number of esters is 1. The summed E-state index contributed by atoms with van der Waals surface area (Å²) in [4.78, 5) is 36.7. The molecule has 126 valence electrons. The summed E-state index contributed by atoms with van der Waals surface area (Å²) in [6, 6.07) is 1.67. The SMILES string of the molecule is CCOC(=O)c1cc(C)sc1NC(=O)C1CCCCC1C(=O)O. The molecule has 1 aliphatic rings. The first-order valence-corrected chi connectivity index (χ1v) is 8.57. The quantitative estimate of drug-likeness (QED) is 0.804. The summed E-state index contributed by atoms with van der Waals surface area (Å²) in [7, 11) is 0. The van der Waals surface area contributed by atoms with Gasteiger partial charge in [0.1, 0.15) is 5.00 Å². The zero-order valence-electron chi connectivity index (χ0n) is 13.3.